The average molecular weight is 199 g/mol. The smallest absolute Gasteiger partial charge is 0.0580 e. The summed E-state index contributed by atoms with van der Waals surface area (Å²) >= 11 is 0. The molecule has 2 atom stereocenters. The molecule has 2 unspecified atom stereocenters. The van der Waals surface area contributed by atoms with Crippen molar-refractivity contribution in [3.8, 4) is 0 Å². The van der Waals surface area contributed by atoms with Crippen molar-refractivity contribution in [2.45, 2.75) is 58.1 Å². The zero-order chi connectivity index (χ0) is 10.8. The normalized spacial score (nSPS) is 28.7. The Morgan fingerprint density at radius 2 is 2.00 bits per heavy atom. The Kier molecular flexibility index (Phi) is 3.96. The van der Waals surface area contributed by atoms with E-state index in [4.69, 9.17) is 0 Å². The average Bonchev–Trinajstić information content (AvgIpc) is 2.52. The van der Waals surface area contributed by atoms with Crippen LogP contribution < -0.4 is 0 Å². The third-order valence-corrected chi connectivity index (χ3v) is 4.03. The zero-order valence-corrected chi connectivity index (χ0v) is 10.1. The minimum absolute atomic E-state index is 0.0508. The lowest BCUT2D eigenvalue weighted by atomic mass is 9.97. The van der Waals surface area contributed by atoms with Crippen LogP contribution in [0.3, 0.4) is 0 Å². The molecule has 1 fully saturated rings. The molecule has 0 radical (unpaired) electrons. The van der Waals surface area contributed by atoms with Crippen LogP contribution >= 0.6 is 0 Å². The van der Waals surface area contributed by atoms with E-state index in [0.29, 0.717) is 5.92 Å². The van der Waals surface area contributed by atoms with Gasteiger partial charge < -0.3 is 10.0 Å². The third kappa shape index (κ3) is 2.71. The summed E-state index contributed by atoms with van der Waals surface area (Å²) in [5.41, 5.74) is 0.266. The Labute approximate surface area is 88.3 Å². The van der Waals surface area contributed by atoms with Gasteiger partial charge in [-0.25, -0.2) is 0 Å². The number of nitrogens with zero attached hydrogens (tertiary/aromatic N) is 1. The van der Waals surface area contributed by atoms with Gasteiger partial charge in [0.15, 0.2) is 0 Å². The molecule has 0 saturated heterocycles. The fourth-order valence-electron chi connectivity index (χ4n) is 2.10. The highest BCUT2D eigenvalue weighted by molar-refractivity contribution is 4.84. The maximum absolute atomic E-state index is 9.75. The first-order valence-electron chi connectivity index (χ1n) is 5.86. The summed E-state index contributed by atoms with van der Waals surface area (Å²) in [7, 11) is 2.18. The number of hydrogen-bond donors (Lipinski definition) is 1. The summed E-state index contributed by atoms with van der Waals surface area (Å²) < 4.78 is 0. The molecule has 1 saturated carbocycles. The van der Waals surface area contributed by atoms with E-state index < -0.39 is 0 Å². The van der Waals surface area contributed by atoms with Crippen molar-refractivity contribution < 1.29 is 5.11 Å². The maximum Gasteiger partial charge on any atom is 0.0580 e. The van der Waals surface area contributed by atoms with Crippen molar-refractivity contribution in [2.24, 2.45) is 5.92 Å². The third-order valence-electron chi connectivity index (χ3n) is 4.03. The van der Waals surface area contributed by atoms with Crippen LogP contribution in [0.4, 0.5) is 0 Å². The fraction of sp³-hybridized carbons (Fsp3) is 1.00. The molecule has 1 N–H and O–H groups in total. The van der Waals surface area contributed by atoms with Crippen molar-refractivity contribution in [3.05, 3.63) is 0 Å². The lowest BCUT2D eigenvalue weighted by molar-refractivity contribution is 0.0711. The van der Waals surface area contributed by atoms with E-state index in [0.717, 1.165) is 19.4 Å². The van der Waals surface area contributed by atoms with Gasteiger partial charge in [0, 0.05) is 12.1 Å². The van der Waals surface area contributed by atoms with Crippen LogP contribution in [0.1, 0.15) is 46.5 Å². The molecular formula is C12H25NO. The van der Waals surface area contributed by atoms with Gasteiger partial charge in [0.2, 0.25) is 0 Å². The summed E-state index contributed by atoms with van der Waals surface area (Å²) in [4.78, 5) is 2.40. The Morgan fingerprint density at radius 1 is 1.36 bits per heavy atom. The van der Waals surface area contributed by atoms with Gasteiger partial charge in [-0.05, 0) is 46.1 Å². The minimum atomic E-state index is -0.0508. The van der Waals surface area contributed by atoms with Crippen molar-refractivity contribution in [3.63, 3.8) is 0 Å². The molecule has 0 spiro atoms. The summed E-state index contributed by atoms with van der Waals surface area (Å²) in [6, 6.07) is 0. The summed E-state index contributed by atoms with van der Waals surface area (Å²) in [5.74, 6) is 0.505. The molecule has 0 aromatic rings. The fourth-order valence-corrected chi connectivity index (χ4v) is 2.10. The highest BCUT2D eigenvalue weighted by atomic mass is 16.3. The van der Waals surface area contributed by atoms with Crippen LogP contribution in [-0.2, 0) is 0 Å². The number of rotatable bonds is 4. The molecule has 2 nitrogen and oxygen atoms in total. The zero-order valence-electron chi connectivity index (χ0n) is 10.1. The maximum atomic E-state index is 9.75. The van der Waals surface area contributed by atoms with Gasteiger partial charge in [0.1, 0.15) is 0 Å². The molecule has 1 aliphatic rings. The number of hydrogen-bond acceptors (Lipinski definition) is 2. The van der Waals surface area contributed by atoms with E-state index in [2.05, 4.69) is 32.7 Å². The van der Waals surface area contributed by atoms with Crippen LogP contribution in [0.25, 0.3) is 0 Å². The first-order chi connectivity index (χ1) is 6.47. The molecule has 2 heteroatoms. The number of aliphatic hydroxyl groups excluding tert-OH is 1. The standard InChI is InChI=1S/C12H25NO/c1-5-12(2,3)13(4)9-10-7-6-8-11(10)14/h10-11,14H,5-9H2,1-4H3. The molecule has 0 amide bonds. The first-order valence-corrected chi connectivity index (χ1v) is 5.86. The molecular weight excluding hydrogens is 174 g/mol. The van der Waals surface area contributed by atoms with Gasteiger partial charge in [-0.2, -0.15) is 0 Å². The largest absolute Gasteiger partial charge is 0.393 e. The Bertz CT molecular complexity index is 179. The molecule has 1 aliphatic carbocycles. The van der Waals surface area contributed by atoms with Crippen LogP contribution in [0.5, 0.6) is 0 Å². The van der Waals surface area contributed by atoms with Crippen LogP contribution in [0, 0.1) is 5.92 Å². The van der Waals surface area contributed by atoms with E-state index >= 15 is 0 Å². The lowest BCUT2D eigenvalue weighted by Crippen LogP contribution is -2.44. The highest BCUT2D eigenvalue weighted by Crippen LogP contribution is 2.28. The van der Waals surface area contributed by atoms with Crippen molar-refractivity contribution in [1.82, 2.24) is 4.90 Å². The molecule has 0 heterocycles. The highest BCUT2D eigenvalue weighted by Gasteiger charge is 2.30. The summed E-state index contributed by atoms with van der Waals surface area (Å²) in [5, 5.41) is 9.75. The van der Waals surface area contributed by atoms with E-state index in [1.165, 1.54) is 12.8 Å². The van der Waals surface area contributed by atoms with Gasteiger partial charge in [-0.3, -0.25) is 0 Å². The Morgan fingerprint density at radius 3 is 2.43 bits per heavy atom. The lowest BCUT2D eigenvalue weighted by Gasteiger charge is -2.37. The van der Waals surface area contributed by atoms with Gasteiger partial charge >= 0.3 is 0 Å². The van der Waals surface area contributed by atoms with Crippen LogP contribution in [0.2, 0.25) is 0 Å². The van der Waals surface area contributed by atoms with E-state index in [-0.39, 0.29) is 11.6 Å². The second-order valence-corrected chi connectivity index (χ2v) is 5.30. The summed E-state index contributed by atoms with van der Waals surface area (Å²) in [6.45, 7) is 7.81. The van der Waals surface area contributed by atoms with Gasteiger partial charge in [0.05, 0.1) is 6.10 Å². The molecule has 1 rings (SSSR count). The quantitative estimate of drug-likeness (QED) is 0.751. The predicted octanol–water partition coefficient (Wildman–Crippen LogP) is 2.27. The SMILES string of the molecule is CCC(C)(C)N(C)CC1CCCC1O. The molecule has 84 valence electrons. The van der Waals surface area contributed by atoms with Gasteiger partial charge in [-0.15, -0.1) is 0 Å². The molecule has 0 aromatic carbocycles. The first kappa shape index (κ1) is 12.0. The van der Waals surface area contributed by atoms with Gasteiger partial charge in [0.25, 0.3) is 0 Å². The molecule has 0 bridgehead atoms. The van der Waals surface area contributed by atoms with Crippen LogP contribution in [-0.4, -0.2) is 35.2 Å². The van der Waals surface area contributed by atoms with Crippen LogP contribution in [0.15, 0.2) is 0 Å². The van der Waals surface area contributed by atoms with E-state index in [1.807, 2.05) is 0 Å². The Balaban J connectivity index is 2.43. The monoisotopic (exact) mass is 199 g/mol. The van der Waals surface area contributed by atoms with Gasteiger partial charge in [-0.1, -0.05) is 13.3 Å². The van der Waals surface area contributed by atoms with E-state index in [1.54, 1.807) is 0 Å². The second-order valence-electron chi connectivity index (χ2n) is 5.30. The van der Waals surface area contributed by atoms with Crippen molar-refractivity contribution in [1.29, 1.82) is 0 Å². The molecule has 0 aromatic heterocycles. The Hall–Kier alpha value is -0.0800. The topological polar surface area (TPSA) is 23.5 Å². The number of aliphatic hydroxyl groups is 1. The van der Waals surface area contributed by atoms with Crippen molar-refractivity contribution in [2.75, 3.05) is 13.6 Å². The predicted molar refractivity (Wildman–Crippen MR) is 60.3 cm³/mol. The van der Waals surface area contributed by atoms with E-state index in [9.17, 15) is 5.11 Å². The summed E-state index contributed by atoms with van der Waals surface area (Å²) in [6.07, 6.45) is 4.51. The minimum Gasteiger partial charge on any atom is -0.393 e. The molecule has 14 heavy (non-hydrogen) atoms. The molecule has 0 aliphatic heterocycles. The second kappa shape index (κ2) is 4.63. The van der Waals surface area contributed by atoms with Crippen molar-refractivity contribution >= 4 is 0 Å².